The Morgan fingerprint density at radius 2 is 1.70 bits per heavy atom. The maximum absolute atomic E-state index is 12.9. The van der Waals surface area contributed by atoms with Gasteiger partial charge in [0.25, 0.3) is 0 Å². The number of ether oxygens (including phenoxy) is 1. The first kappa shape index (κ1) is 22.4. The van der Waals surface area contributed by atoms with Gasteiger partial charge in [-0.25, -0.2) is 9.59 Å². The molecule has 0 heterocycles. The Morgan fingerprint density at radius 3 is 2.21 bits per heavy atom. The molecule has 7 heteroatoms. The average molecular weight is 447 g/mol. The van der Waals surface area contributed by atoms with Crippen LogP contribution in [0.15, 0.2) is 48.5 Å². The molecule has 0 radical (unpaired) electrons. The van der Waals surface area contributed by atoms with E-state index in [1.165, 1.54) is 0 Å². The van der Waals surface area contributed by atoms with Gasteiger partial charge in [-0.1, -0.05) is 48.5 Å². The lowest BCUT2D eigenvalue weighted by Gasteiger charge is -2.40. The molecule has 1 unspecified atom stereocenters. The fourth-order valence-electron chi connectivity index (χ4n) is 4.47. The molecule has 2 aliphatic carbocycles. The first-order chi connectivity index (χ1) is 15.9. The molecule has 2 aromatic carbocycles. The number of alkyl carbamates (subject to hydrolysis) is 1. The van der Waals surface area contributed by atoms with Gasteiger partial charge in [0, 0.05) is 12.3 Å². The summed E-state index contributed by atoms with van der Waals surface area (Å²) in [7, 11) is 0. The minimum atomic E-state index is -1.17. The Bertz CT molecular complexity index is 1100. The van der Waals surface area contributed by atoms with E-state index in [-0.39, 0.29) is 18.9 Å². The highest BCUT2D eigenvalue weighted by molar-refractivity contribution is 5.93. The van der Waals surface area contributed by atoms with E-state index in [0.29, 0.717) is 12.8 Å². The van der Waals surface area contributed by atoms with Gasteiger partial charge in [-0.15, -0.1) is 11.8 Å². The Labute approximate surface area is 192 Å². The van der Waals surface area contributed by atoms with Crippen molar-refractivity contribution >= 4 is 18.0 Å². The molecule has 2 amide bonds. The van der Waals surface area contributed by atoms with Crippen LogP contribution in [0.4, 0.5) is 4.79 Å². The van der Waals surface area contributed by atoms with Crippen LogP contribution in [0.25, 0.3) is 11.1 Å². The molecule has 4 rings (SSSR count). The Kier molecular flexibility index (Phi) is 6.36. The first-order valence-corrected chi connectivity index (χ1v) is 11.0. The van der Waals surface area contributed by atoms with Crippen molar-refractivity contribution in [2.75, 3.05) is 6.61 Å². The molecule has 33 heavy (non-hydrogen) atoms. The van der Waals surface area contributed by atoms with E-state index in [2.05, 4.69) is 34.6 Å². The molecule has 2 aliphatic rings. The summed E-state index contributed by atoms with van der Waals surface area (Å²) < 4.78 is 5.57. The molecule has 3 N–H and O–H groups in total. The Balaban J connectivity index is 1.41. The molecular formula is C26H26N2O5. The van der Waals surface area contributed by atoms with Crippen LogP contribution in [0.3, 0.4) is 0 Å². The quantitative estimate of drug-likeness (QED) is 0.565. The number of nitrogens with one attached hydrogen (secondary N) is 2. The van der Waals surface area contributed by atoms with Gasteiger partial charge in [-0.2, -0.15) is 0 Å². The van der Waals surface area contributed by atoms with Crippen LogP contribution in [-0.4, -0.2) is 41.3 Å². The number of hydrogen-bond donors (Lipinski definition) is 3. The molecule has 0 bridgehead atoms. The third kappa shape index (κ3) is 4.42. The molecule has 1 saturated carbocycles. The third-order valence-corrected chi connectivity index (χ3v) is 6.41. The van der Waals surface area contributed by atoms with Crippen molar-refractivity contribution in [1.82, 2.24) is 10.6 Å². The minimum Gasteiger partial charge on any atom is -0.480 e. The van der Waals surface area contributed by atoms with Crippen molar-refractivity contribution in [3.63, 3.8) is 0 Å². The van der Waals surface area contributed by atoms with Crippen LogP contribution < -0.4 is 10.6 Å². The monoisotopic (exact) mass is 446 g/mol. The second-order valence-corrected chi connectivity index (χ2v) is 8.38. The van der Waals surface area contributed by atoms with E-state index in [1.807, 2.05) is 36.4 Å². The lowest BCUT2D eigenvalue weighted by Crippen LogP contribution is -2.64. The van der Waals surface area contributed by atoms with Crippen LogP contribution in [0.2, 0.25) is 0 Å². The van der Waals surface area contributed by atoms with Crippen molar-refractivity contribution < 1.29 is 24.2 Å². The van der Waals surface area contributed by atoms with Gasteiger partial charge in [0.15, 0.2) is 0 Å². The predicted octanol–water partition coefficient (Wildman–Crippen LogP) is 3.43. The number of carbonyl (C=O) groups is 3. The summed E-state index contributed by atoms with van der Waals surface area (Å²) in [4.78, 5) is 37.0. The van der Waals surface area contributed by atoms with Crippen molar-refractivity contribution in [1.29, 1.82) is 0 Å². The summed E-state index contributed by atoms with van der Waals surface area (Å²) >= 11 is 0. The number of fused-ring (bicyclic) bond motifs is 3. The number of amides is 2. The summed E-state index contributed by atoms with van der Waals surface area (Å²) in [5.74, 6) is 3.53. The summed E-state index contributed by atoms with van der Waals surface area (Å²) in [6, 6.07) is 15.0. The number of aliphatic carboxylic acids is 1. The maximum Gasteiger partial charge on any atom is 0.408 e. The van der Waals surface area contributed by atoms with E-state index < -0.39 is 29.6 Å². The van der Waals surface area contributed by atoms with Crippen LogP contribution in [0, 0.1) is 11.8 Å². The molecule has 0 saturated heterocycles. The zero-order valence-corrected chi connectivity index (χ0v) is 18.4. The van der Waals surface area contributed by atoms with Gasteiger partial charge in [0.1, 0.15) is 18.2 Å². The van der Waals surface area contributed by atoms with Crippen LogP contribution >= 0.6 is 0 Å². The van der Waals surface area contributed by atoms with E-state index in [0.717, 1.165) is 28.7 Å². The lowest BCUT2D eigenvalue weighted by molar-refractivity contribution is -0.143. The minimum absolute atomic E-state index is 0.00139. The molecule has 1 atom stereocenters. The number of carboxylic acids is 1. The fourth-order valence-corrected chi connectivity index (χ4v) is 4.47. The molecule has 0 spiro atoms. The maximum atomic E-state index is 12.9. The van der Waals surface area contributed by atoms with E-state index in [4.69, 9.17) is 4.74 Å². The fraction of sp³-hybridized carbons (Fsp3) is 0.346. The van der Waals surface area contributed by atoms with Crippen LogP contribution in [-0.2, 0) is 14.3 Å². The summed E-state index contributed by atoms with van der Waals surface area (Å²) in [6.07, 6.45) is 0.915. The molecule has 0 aromatic heterocycles. The van der Waals surface area contributed by atoms with Gasteiger partial charge in [0.2, 0.25) is 5.91 Å². The number of carbonyl (C=O) groups excluding carboxylic acids is 2. The summed E-state index contributed by atoms with van der Waals surface area (Å²) in [6.45, 7) is 1.74. The van der Waals surface area contributed by atoms with E-state index >= 15 is 0 Å². The largest absolute Gasteiger partial charge is 0.480 e. The van der Waals surface area contributed by atoms with Crippen LogP contribution in [0.1, 0.15) is 49.7 Å². The number of carboxylic acid groups (broad SMARTS) is 1. The molecule has 170 valence electrons. The molecule has 2 aromatic rings. The van der Waals surface area contributed by atoms with Gasteiger partial charge in [0.05, 0.1) is 0 Å². The van der Waals surface area contributed by atoms with Crippen molar-refractivity contribution in [3.05, 3.63) is 59.7 Å². The van der Waals surface area contributed by atoms with Crippen molar-refractivity contribution in [2.24, 2.45) is 0 Å². The molecular weight excluding hydrogens is 420 g/mol. The van der Waals surface area contributed by atoms with E-state index in [1.54, 1.807) is 6.92 Å². The topological polar surface area (TPSA) is 105 Å². The van der Waals surface area contributed by atoms with Gasteiger partial charge >= 0.3 is 12.1 Å². The highest BCUT2D eigenvalue weighted by Crippen LogP contribution is 2.44. The Hall–Kier alpha value is -3.79. The average Bonchev–Trinajstić information content (AvgIpc) is 3.11. The highest BCUT2D eigenvalue weighted by atomic mass is 16.5. The predicted molar refractivity (Wildman–Crippen MR) is 122 cm³/mol. The van der Waals surface area contributed by atoms with Gasteiger partial charge in [-0.3, -0.25) is 4.79 Å². The smallest absolute Gasteiger partial charge is 0.408 e. The zero-order valence-electron chi connectivity index (χ0n) is 18.4. The zero-order chi connectivity index (χ0) is 23.4. The van der Waals surface area contributed by atoms with Gasteiger partial charge in [-0.05, 0) is 48.4 Å². The summed E-state index contributed by atoms with van der Waals surface area (Å²) in [5, 5.41) is 14.6. The highest BCUT2D eigenvalue weighted by Gasteiger charge is 2.47. The number of hydrogen-bond acceptors (Lipinski definition) is 4. The van der Waals surface area contributed by atoms with Crippen molar-refractivity contribution in [2.45, 2.75) is 50.1 Å². The number of rotatable bonds is 7. The SMILES string of the molecule is CC#CCC(NC(=O)C1(NC(=O)OCC2c3ccccc3-c3ccccc32)CCC1)C(=O)O. The molecule has 7 nitrogen and oxygen atoms in total. The second kappa shape index (κ2) is 9.37. The second-order valence-electron chi connectivity index (χ2n) is 8.38. The normalized spacial score (nSPS) is 16.2. The first-order valence-electron chi connectivity index (χ1n) is 11.0. The van der Waals surface area contributed by atoms with Crippen molar-refractivity contribution in [3.8, 4) is 23.0 Å². The third-order valence-electron chi connectivity index (χ3n) is 6.41. The standard InChI is InChI=1S/C26H26N2O5/c1-2-3-13-22(23(29)30)27-24(31)26(14-8-15-26)28-25(32)33-16-21-19-11-6-4-9-17(19)18-10-5-7-12-20(18)21/h4-7,9-12,21-22H,8,13-16H2,1H3,(H,27,31)(H,28,32)(H,29,30). The van der Waals surface area contributed by atoms with E-state index in [9.17, 15) is 19.5 Å². The van der Waals surface area contributed by atoms with Crippen LogP contribution in [0.5, 0.6) is 0 Å². The Morgan fingerprint density at radius 1 is 1.09 bits per heavy atom. The summed E-state index contributed by atoms with van der Waals surface area (Å²) in [5.41, 5.74) is 3.31. The molecule has 1 fully saturated rings. The molecule has 0 aliphatic heterocycles. The van der Waals surface area contributed by atoms with Gasteiger partial charge < -0.3 is 20.5 Å². The lowest BCUT2D eigenvalue weighted by atomic mass is 9.76. The number of benzene rings is 2.